The smallest absolute Gasteiger partial charge is 0.247 e. The van der Waals surface area contributed by atoms with Gasteiger partial charge in [-0.25, -0.2) is 0 Å². The van der Waals surface area contributed by atoms with Crippen LogP contribution in [0.3, 0.4) is 0 Å². The number of benzene rings is 2. The van der Waals surface area contributed by atoms with E-state index >= 15 is 0 Å². The molecular formula is C22H23BrN4O3S. The van der Waals surface area contributed by atoms with Gasteiger partial charge < -0.3 is 19.5 Å². The molecule has 1 N–H and O–H groups in total. The van der Waals surface area contributed by atoms with Crippen molar-refractivity contribution in [2.45, 2.75) is 31.1 Å². The fourth-order valence-electron chi connectivity index (χ4n) is 3.21. The topological polar surface area (TPSA) is 78.4 Å². The lowest BCUT2D eigenvalue weighted by atomic mass is 10.1. The number of ether oxygens (including phenoxy) is 3. The number of rotatable bonds is 7. The molecule has 9 heteroatoms. The Bertz CT molecular complexity index is 1080. The number of nitrogens with zero attached hydrogens (tertiary/aromatic N) is 3. The molecule has 0 unspecified atom stereocenters. The van der Waals surface area contributed by atoms with Crippen LogP contribution in [-0.4, -0.2) is 35.2 Å². The number of fused-ring (bicyclic) bond motifs is 3. The predicted molar refractivity (Wildman–Crippen MR) is 125 cm³/mol. The first-order chi connectivity index (χ1) is 15.1. The maximum Gasteiger partial charge on any atom is 0.247 e. The summed E-state index contributed by atoms with van der Waals surface area (Å²) in [6.45, 7) is 2.16. The van der Waals surface area contributed by atoms with Gasteiger partial charge in [-0.1, -0.05) is 41.0 Å². The van der Waals surface area contributed by atoms with Crippen molar-refractivity contribution in [3.63, 3.8) is 0 Å². The first-order valence-corrected chi connectivity index (χ1v) is 11.7. The van der Waals surface area contributed by atoms with E-state index in [2.05, 4.69) is 43.4 Å². The second-order valence-corrected chi connectivity index (χ2v) is 8.87. The molecule has 0 saturated heterocycles. The van der Waals surface area contributed by atoms with Crippen LogP contribution in [0.2, 0.25) is 0 Å². The summed E-state index contributed by atoms with van der Waals surface area (Å²) in [5, 5.41) is 12.9. The van der Waals surface area contributed by atoms with E-state index in [9.17, 15) is 0 Å². The molecule has 1 aliphatic rings. The first kappa shape index (κ1) is 21.7. The predicted octanol–water partition coefficient (Wildman–Crippen LogP) is 5.71. The maximum absolute atomic E-state index is 6.34. The molecule has 0 spiro atoms. The number of methoxy groups -OCH3 is 2. The average Bonchev–Trinajstić information content (AvgIpc) is 2.95. The highest BCUT2D eigenvalue weighted by Crippen LogP contribution is 2.41. The molecule has 0 amide bonds. The van der Waals surface area contributed by atoms with Crippen molar-refractivity contribution in [2.75, 3.05) is 25.3 Å². The molecule has 2 heterocycles. The van der Waals surface area contributed by atoms with Crippen molar-refractivity contribution in [1.82, 2.24) is 15.2 Å². The lowest BCUT2D eigenvalue weighted by Gasteiger charge is -2.20. The molecule has 7 nitrogen and oxygen atoms in total. The first-order valence-electron chi connectivity index (χ1n) is 9.95. The second kappa shape index (κ2) is 9.74. The zero-order valence-corrected chi connectivity index (χ0v) is 19.9. The number of hydrogen-bond donors (Lipinski definition) is 1. The van der Waals surface area contributed by atoms with Gasteiger partial charge in [0.15, 0.2) is 23.4 Å². The standard InChI is InChI=1S/C22H23BrN4O3S/c1-4-5-10-31-22-25-21-19(26-27-22)15-12-14(23)7-8-16(15)24-20(30-21)13-6-9-17(28-2)18(11-13)29-3/h6-9,11-12,20,24H,4-5,10H2,1-3H3/t20-/m0/s1. The second-order valence-electron chi connectivity index (χ2n) is 6.90. The summed E-state index contributed by atoms with van der Waals surface area (Å²) in [6, 6.07) is 11.6. The Morgan fingerprint density at radius 1 is 1.10 bits per heavy atom. The van der Waals surface area contributed by atoms with Gasteiger partial charge in [0.2, 0.25) is 11.0 Å². The van der Waals surface area contributed by atoms with E-state index in [1.54, 1.807) is 26.0 Å². The third-order valence-electron chi connectivity index (χ3n) is 4.83. The van der Waals surface area contributed by atoms with E-state index in [0.29, 0.717) is 28.2 Å². The lowest BCUT2D eigenvalue weighted by molar-refractivity contribution is 0.224. The molecule has 31 heavy (non-hydrogen) atoms. The highest BCUT2D eigenvalue weighted by atomic mass is 79.9. The van der Waals surface area contributed by atoms with E-state index in [-0.39, 0.29) is 0 Å². The van der Waals surface area contributed by atoms with Crippen molar-refractivity contribution < 1.29 is 14.2 Å². The molecule has 0 radical (unpaired) electrons. The van der Waals surface area contributed by atoms with Crippen molar-refractivity contribution in [2.24, 2.45) is 0 Å². The van der Waals surface area contributed by atoms with E-state index in [4.69, 9.17) is 14.2 Å². The van der Waals surface area contributed by atoms with E-state index < -0.39 is 6.23 Å². The van der Waals surface area contributed by atoms with Gasteiger partial charge in [-0.05, 0) is 42.8 Å². The van der Waals surface area contributed by atoms with Crippen LogP contribution in [0.5, 0.6) is 17.4 Å². The minimum absolute atomic E-state index is 0.443. The molecular weight excluding hydrogens is 480 g/mol. The quantitative estimate of drug-likeness (QED) is 0.324. The molecule has 2 aromatic carbocycles. The number of nitrogens with one attached hydrogen (secondary N) is 1. The van der Waals surface area contributed by atoms with Crippen LogP contribution in [0.4, 0.5) is 5.69 Å². The van der Waals surface area contributed by atoms with Crippen LogP contribution < -0.4 is 19.5 Å². The van der Waals surface area contributed by atoms with Crippen LogP contribution >= 0.6 is 27.7 Å². The van der Waals surface area contributed by atoms with Crippen LogP contribution in [-0.2, 0) is 0 Å². The Kier molecular flexibility index (Phi) is 6.82. The molecule has 0 aliphatic carbocycles. The third kappa shape index (κ3) is 4.72. The Morgan fingerprint density at radius 3 is 2.71 bits per heavy atom. The van der Waals surface area contributed by atoms with Crippen molar-refractivity contribution in [1.29, 1.82) is 0 Å². The third-order valence-corrected chi connectivity index (χ3v) is 6.24. The van der Waals surface area contributed by atoms with Gasteiger partial charge in [0.25, 0.3) is 0 Å². The molecule has 0 fully saturated rings. The van der Waals surface area contributed by atoms with Gasteiger partial charge in [-0.3, -0.25) is 0 Å². The lowest BCUT2D eigenvalue weighted by Crippen LogP contribution is -2.17. The summed E-state index contributed by atoms with van der Waals surface area (Å²) in [4.78, 5) is 4.68. The van der Waals surface area contributed by atoms with Gasteiger partial charge in [0, 0.05) is 27.0 Å². The van der Waals surface area contributed by atoms with Gasteiger partial charge in [-0.2, -0.15) is 4.98 Å². The summed E-state index contributed by atoms with van der Waals surface area (Å²) in [6.07, 6.45) is 1.72. The van der Waals surface area contributed by atoms with Gasteiger partial charge >= 0.3 is 0 Å². The van der Waals surface area contributed by atoms with Crippen LogP contribution in [0.1, 0.15) is 31.6 Å². The SMILES string of the molecule is CCCCSc1nnc2c(n1)O[C@@H](c1ccc(OC)c(OC)c1)Nc1ccc(Br)cc1-2. The van der Waals surface area contributed by atoms with Crippen molar-refractivity contribution >= 4 is 33.4 Å². The zero-order chi connectivity index (χ0) is 21.8. The van der Waals surface area contributed by atoms with E-state index in [1.165, 1.54) is 0 Å². The molecule has 3 aromatic rings. The number of halogens is 1. The largest absolute Gasteiger partial charge is 0.493 e. The monoisotopic (exact) mass is 502 g/mol. The summed E-state index contributed by atoms with van der Waals surface area (Å²) in [5.74, 6) is 2.67. The highest BCUT2D eigenvalue weighted by Gasteiger charge is 2.27. The number of thioether (sulfide) groups is 1. The van der Waals surface area contributed by atoms with Gasteiger partial charge in [-0.15, -0.1) is 10.2 Å². The minimum atomic E-state index is -0.494. The van der Waals surface area contributed by atoms with E-state index in [1.807, 2.05) is 36.4 Å². The average molecular weight is 503 g/mol. The zero-order valence-electron chi connectivity index (χ0n) is 17.5. The van der Waals surface area contributed by atoms with Crippen molar-refractivity contribution in [3.8, 4) is 28.6 Å². The fourth-order valence-corrected chi connectivity index (χ4v) is 4.43. The Balaban J connectivity index is 1.76. The summed E-state index contributed by atoms with van der Waals surface area (Å²) < 4.78 is 18.1. The number of aromatic nitrogens is 3. The highest BCUT2D eigenvalue weighted by molar-refractivity contribution is 9.10. The normalized spacial score (nSPS) is 14.5. The Labute approximate surface area is 194 Å². The minimum Gasteiger partial charge on any atom is -0.493 e. The molecule has 0 bridgehead atoms. The maximum atomic E-state index is 6.34. The van der Waals surface area contributed by atoms with Gasteiger partial charge in [0.05, 0.1) is 14.2 Å². The Hall–Kier alpha value is -2.52. The Morgan fingerprint density at radius 2 is 1.94 bits per heavy atom. The van der Waals surface area contributed by atoms with Crippen LogP contribution in [0, 0.1) is 0 Å². The molecule has 162 valence electrons. The van der Waals surface area contributed by atoms with Crippen LogP contribution in [0.15, 0.2) is 46.0 Å². The summed E-state index contributed by atoms with van der Waals surface area (Å²) in [5.41, 5.74) is 3.23. The van der Waals surface area contributed by atoms with Gasteiger partial charge in [0.1, 0.15) is 0 Å². The number of hydrogen-bond acceptors (Lipinski definition) is 8. The number of anilines is 1. The molecule has 1 aromatic heterocycles. The summed E-state index contributed by atoms with van der Waals surface area (Å²) >= 11 is 5.13. The fraction of sp³-hybridized carbons (Fsp3) is 0.318. The van der Waals surface area contributed by atoms with Crippen molar-refractivity contribution in [3.05, 3.63) is 46.4 Å². The van der Waals surface area contributed by atoms with E-state index in [0.717, 1.165) is 39.9 Å². The molecule has 1 aliphatic heterocycles. The van der Waals surface area contributed by atoms with Crippen LogP contribution in [0.25, 0.3) is 11.3 Å². The molecule has 4 rings (SSSR count). The number of unbranched alkanes of at least 4 members (excludes halogenated alkanes) is 1. The summed E-state index contributed by atoms with van der Waals surface area (Å²) in [7, 11) is 3.23. The molecule has 1 atom stereocenters. The molecule has 0 saturated carbocycles.